The molecule has 2 aromatic rings. The highest BCUT2D eigenvalue weighted by atomic mass is 16.5. The number of likely N-dealkylation sites (N-methyl/N-ethyl adjacent to an activating group) is 1. The van der Waals surface area contributed by atoms with Gasteiger partial charge < -0.3 is 24.6 Å². The van der Waals surface area contributed by atoms with Crippen molar-refractivity contribution < 1.29 is 14.3 Å². The number of nitrogens with zero attached hydrogens (tertiary/aromatic N) is 2. The fourth-order valence-corrected chi connectivity index (χ4v) is 3.22. The summed E-state index contributed by atoms with van der Waals surface area (Å²) >= 11 is 0. The summed E-state index contributed by atoms with van der Waals surface area (Å²) in [5.74, 6) is 1.32. The molecule has 0 bridgehead atoms. The molecular weight excluding hydrogens is 342 g/mol. The largest absolute Gasteiger partial charge is 0.497 e. The summed E-state index contributed by atoms with van der Waals surface area (Å²) in [6, 6.07) is 13.5. The SMILES string of the molecule is COc1cccc(CC(=O)Nc2cc(N3CCN(C)CC3)ccc2OC)c1. The Balaban J connectivity index is 1.72. The van der Waals surface area contributed by atoms with Gasteiger partial charge in [0.05, 0.1) is 26.3 Å². The Morgan fingerprint density at radius 1 is 1.04 bits per heavy atom. The van der Waals surface area contributed by atoms with E-state index in [2.05, 4.69) is 22.2 Å². The van der Waals surface area contributed by atoms with Crippen molar-refractivity contribution in [3.05, 3.63) is 48.0 Å². The number of hydrogen-bond donors (Lipinski definition) is 1. The van der Waals surface area contributed by atoms with Crippen LogP contribution in [0.25, 0.3) is 0 Å². The maximum atomic E-state index is 12.6. The minimum atomic E-state index is -0.0860. The summed E-state index contributed by atoms with van der Waals surface area (Å²) in [6.45, 7) is 4.01. The standard InChI is InChI=1S/C21H27N3O3/c1-23-9-11-24(12-10-23)17-7-8-20(27-3)19(15-17)22-21(25)14-16-5-4-6-18(13-16)26-2/h4-8,13,15H,9-12,14H2,1-3H3,(H,22,25). The van der Waals surface area contributed by atoms with Crippen LogP contribution in [0, 0.1) is 0 Å². The Kier molecular flexibility index (Phi) is 6.19. The third-order valence-corrected chi connectivity index (χ3v) is 4.82. The number of ether oxygens (including phenoxy) is 2. The first kappa shape index (κ1) is 19.0. The van der Waals surface area contributed by atoms with E-state index in [9.17, 15) is 4.79 Å². The van der Waals surface area contributed by atoms with Crippen LogP contribution >= 0.6 is 0 Å². The number of anilines is 2. The number of nitrogens with one attached hydrogen (secondary N) is 1. The monoisotopic (exact) mass is 369 g/mol. The molecule has 0 radical (unpaired) electrons. The van der Waals surface area contributed by atoms with Gasteiger partial charge in [-0.2, -0.15) is 0 Å². The molecule has 6 heteroatoms. The van der Waals surface area contributed by atoms with Crippen LogP contribution in [0.1, 0.15) is 5.56 Å². The molecule has 1 aliphatic rings. The molecule has 144 valence electrons. The first-order chi connectivity index (χ1) is 13.1. The first-order valence-electron chi connectivity index (χ1n) is 9.13. The van der Waals surface area contributed by atoms with Gasteiger partial charge in [0.25, 0.3) is 0 Å². The average molecular weight is 369 g/mol. The second-order valence-corrected chi connectivity index (χ2v) is 6.75. The number of amides is 1. The summed E-state index contributed by atoms with van der Waals surface area (Å²) in [7, 11) is 5.37. The van der Waals surface area contributed by atoms with E-state index in [-0.39, 0.29) is 12.3 Å². The molecule has 0 unspecified atom stereocenters. The lowest BCUT2D eigenvalue weighted by Crippen LogP contribution is -2.44. The van der Waals surface area contributed by atoms with Crippen LogP contribution in [0.4, 0.5) is 11.4 Å². The van der Waals surface area contributed by atoms with Crippen molar-refractivity contribution in [3.63, 3.8) is 0 Å². The molecule has 1 N–H and O–H groups in total. The lowest BCUT2D eigenvalue weighted by Gasteiger charge is -2.34. The van der Waals surface area contributed by atoms with E-state index in [0.717, 1.165) is 43.2 Å². The maximum absolute atomic E-state index is 12.6. The smallest absolute Gasteiger partial charge is 0.228 e. The van der Waals surface area contributed by atoms with Crippen molar-refractivity contribution in [2.75, 3.05) is 57.7 Å². The predicted octanol–water partition coefficient (Wildman–Crippen LogP) is 2.64. The van der Waals surface area contributed by atoms with Gasteiger partial charge >= 0.3 is 0 Å². The van der Waals surface area contributed by atoms with Gasteiger partial charge in [-0.25, -0.2) is 0 Å². The normalized spacial score (nSPS) is 14.7. The molecule has 0 saturated carbocycles. The Morgan fingerprint density at radius 2 is 1.81 bits per heavy atom. The van der Waals surface area contributed by atoms with Gasteiger partial charge in [0.15, 0.2) is 0 Å². The molecule has 6 nitrogen and oxygen atoms in total. The quantitative estimate of drug-likeness (QED) is 0.848. The number of hydrogen-bond acceptors (Lipinski definition) is 5. The number of methoxy groups -OCH3 is 2. The lowest BCUT2D eigenvalue weighted by molar-refractivity contribution is -0.115. The van der Waals surface area contributed by atoms with E-state index in [1.54, 1.807) is 14.2 Å². The molecule has 0 spiro atoms. The molecular formula is C21H27N3O3. The van der Waals surface area contributed by atoms with Crippen LogP contribution < -0.4 is 19.7 Å². The molecule has 1 amide bonds. The van der Waals surface area contributed by atoms with Crippen molar-refractivity contribution >= 4 is 17.3 Å². The van der Waals surface area contributed by atoms with Crippen molar-refractivity contribution in [2.24, 2.45) is 0 Å². The summed E-state index contributed by atoms with van der Waals surface area (Å²) in [6.07, 6.45) is 0.277. The van der Waals surface area contributed by atoms with Crippen molar-refractivity contribution in [1.82, 2.24) is 4.90 Å². The molecule has 3 rings (SSSR count). The topological polar surface area (TPSA) is 54.0 Å². The molecule has 2 aromatic carbocycles. The van der Waals surface area contributed by atoms with E-state index in [4.69, 9.17) is 9.47 Å². The maximum Gasteiger partial charge on any atom is 0.228 e. The van der Waals surface area contributed by atoms with Crippen LogP contribution in [0.2, 0.25) is 0 Å². The zero-order valence-corrected chi connectivity index (χ0v) is 16.2. The molecule has 1 fully saturated rings. The third kappa shape index (κ3) is 4.92. The highest BCUT2D eigenvalue weighted by molar-refractivity contribution is 5.94. The van der Waals surface area contributed by atoms with Crippen molar-refractivity contribution in [2.45, 2.75) is 6.42 Å². The van der Waals surface area contributed by atoms with Gasteiger partial charge in [-0.3, -0.25) is 4.79 Å². The Hall–Kier alpha value is -2.73. The Bertz CT molecular complexity index is 786. The minimum Gasteiger partial charge on any atom is -0.497 e. The molecule has 1 aliphatic heterocycles. The summed E-state index contributed by atoms with van der Waals surface area (Å²) in [4.78, 5) is 17.2. The zero-order chi connectivity index (χ0) is 19.2. The minimum absolute atomic E-state index is 0.0860. The van der Waals surface area contributed by atoms with E-state index in [1.165, 1.54) is 0 Å². The number of benzene rings is 2. The van der Waals surface area contributed by atoms with Gasteiger partial charge in [-0.15, -0.1) is 0 Å². The zero-order valence-electron chi connectivity index (χ0n) is 16.2. The highest BCUT2D eigenvalue weighted by Crippen LogP contribution is 2.30. The van der Waals surface area contributed by atoms with Crippen molar-refractivity contribution in [3.8, 4) is 11.5 Å². The Labute approximate surface area is 160 Å². The summed E-state index contributed by atoms with van der Waals surface area (Å²) in [5, 5.41) is 2.99. The van der Waals surface area contributed by atoms with Gasteiger partial charge in [0, 0.05) is 31.9 Å². The number of rotatable bonds is 6. The first-order valence-corrected chi connectivity index (χ1v) is 9.13. The van der Waals surface area contributed by atoms with Crippen LogP contribution in [-0.2, 0) is 11.2 Å². The molecule has 0 aliphatic carbocycles. The number of carbonyl (C=O) groups excluding carboxylic acids is 1. The van der Waals surface area contributed by atoms with Crippen LogP contribution in [0.5, 0.6) is 11.5 Å². The summed E-state index contributed by atoms with van der Waals surface area (Å²) in [5.41, 5.74) is 2.70. The van der Waals surface area contributed by atoms with Gasteiger partial charge in [0.2, 0.25) is 5.91 Å². The lowest BCUT2D eigenvalue weighted by atomic mass is 10.1. The van der Waals surface area contributed by atoms with Crippen LogP contribution in [-0.4, -0.2) is 58.3 Å². The van der Waals surface area contributed by atoms with Gasteiger partial charge in [-0.05, 0) is 42.9 Å². The molecule has 1 heterocycles. The van der Waals surface area contributed by atoms with E-state index in [1.807, 2.05) is 42.5 Å². The van der Waals surface area contributed by atoms with E-state index < -0.39 is 0 Å². The predicted molar refractivity (Wildman–Crippen MR) is 108 cm³/mol. The van der Waals surface area contributed by atoms with E-state index >= 15 is 0 Å². The average Bonchev–Trinajstić information content (AvgIpc) is 2.68. The van der Waals surface area contributed by atoms with Crippen LogP contribution in [0.3, 0.4) is 0 Å². The Morgan fingerprint density at radius 3 is 2.52 bits per heavy atom. The van der Waals surface area contributed by atoms with Crippen LogP contribution in [0.15, 0.2) is 42.5 Å². The highest BCUT2D eigenvalue weighted by Gasteiger charge is 2.17. The molecule has 0 atom stereocenters. The second kappa shape index (κ2) is 8.77. The fraction of sp³-hybridized carbons (Fsp3) is 0.381. The number of piperazine rings is 1. The van der Waals surface area contributed by atoms with E-state index in [0.29, 0.717) is 11.4 Å². The fourth-order valence-electron chi connectivity index (χ4n) is 3.22. The van der Waals surface area contributed by atoms with Gasteiger partial charge in [0.1, 0.15) is 11.5 Å². The van der Waals surface area contributed by atoms with Gasteiger partial charge in [-0.1, -0.05) is 12.1 Å². The third-order valence-electron chi connectivity index (χ3n) is 4.82. The molecule has 27 heavy (non-hydrogen) atoms. The number of carbonyl (C=O) groups is 1. The molecule has 1 saturated heterocycles. The molecule has 0 aromatic heterocycles. The second-order valence-electron chi connectivity index (χ2n) is 6.75. The van der Waals surface area contributed by atoms with Crippen molar-refractivity contribution in [1.29, 1.82) is 0 Å². The summed E-state index contributed by atoms with van der Waals surface area (Å²) < 4.78 is 10.7.